The van der Waals surface area contributed by atoms with Crippen LogP contribution in [0.5, 0.6) is 11.5 Å². The summed E-state index contributed by atoms with van der Waals surface area (Å²) in [5, 5.41) is 0. The number of hydrogen-bond acceptors (Lipinski definition) is 4. The normalized spacial score (nSPS) is 15.9. The van der Waals surface area contributed by atoms with Gasteiger partial charge in [0.1, 0.15) is 17.3 Å². The predicted molar refractivity (Wildman–Crippen MR) is 101 cm³/mol. The third-order valence-electron chi connectivity index (χ3n) is 4.82. The molecule has 0 unspecified atom stereocenters. The van der Waals surface area contributed by atoms with Gasteiger partial charge in [0.2, 0.25) is 0 Å². The van der Waals surface area contributed by atoms with Crippen molar-refractivity contribution in [1.82, 2.24) is 9.80 Å². The molecule has 6 heteroatoms. The van der Waals surface area contributed by atoms with E-state index in [4.69, 9.17) is 9.47 Å². The number of nitrogens with zero attached hydrogens (tertiary/aromatic N) is 2. The first-order valence-electron chi connectivity index (χ1n) is 9.11. The molecule has 2 aromatic rings. The van der Waals surface area contributed by atoms with Gasteiger partial charge in [-0.2, -0.15) is 0 Å². The van der Waals surface area contributed by atoms with Gasteiger partial charge in [-0.25, -0.2) is 9.18 Å². The van der Waals surface area contributed by atoms with Crippen LogP contribution in [0.4, 0.5) is 9.18 Å². The summed E-state index contributed by atoms with van der Waals surface area (Å²) in [6, 6.07) is 12.6. The van der Waals surface area contributed by atoms with Crippen molar-refractivity contribution in [2.24, 2.45) is 0 Å². The van der Waals surface area contributed by atoms with Crippen molar-refractivity contribution >= 4 is 17.9 Å². The number of hydrogen-bond donors (Lipinski definition) is 0. The summed E-state index contributed by atoms with van der Waals surface area (Å²) < 4.78 is 25.5. The van der Waals surface area contributed by atoms with Crippen molar-refractivity contribution in [2.75, 3.05) is 32.8 Å². The van der Waals surface area contributed by atoms with E-state index in [-0.39, 0.29) is 11.9 Å². The summed E-state index contributed by atoms with van der Waals surface area (Å²) >= 11 is 0. The molecule has 27 heavy (non-hydrogen) atoms. The lowest BCUT2D eigenvalue weighted by Crippen LogP contribution is -2.48. The molecule has 0 saturated carbocycles. The van der Waals surface area contributed by atoms with Crippen LogP contribution in [-0.4, -0.2) is 48.7 Å². The first-order valence-corrected chi connectivity index (χ1v) is 9.11. The summed E-state index contributed by atoms with van der Waals surface area (Å²) in [6.45, 7) is 4.57. The van der Waals surface area contributed by atoms with Gasteiger partial charge in [0.25, 0.3) is 0 Å². The number of ether oxygens (including phenoxy) is 2. The minimum Gasteiger partial charge on any atom is -0.456 e. The van der Waals surface area contributed by atoms with Gasteiger partial charge in [-0.15, -0.1) is 0 Å². The van der Waals surface area contributed by atoms with Crippen LogP contribution in [0.25, 0.3) is 11.8 Å². The Bertz CT molecular complexity index is 889. The molecule has 0 aromatic heterocycles. The highest BCUT2D eigenvalue weighted by molar-refractivity contribution is 5.86. The number of halogens is 1. The first-order chi connectivity index (χ1) is 13.2. The molecule has 2 heterocycles. The lowest BCUT2D eigenvalue weighted by molar-refractivity contribution is 0.0907. The molecular weight excluding hydrogens is 347 g/mol. The number of carbonyl (C=O) groups is 1. The summed E-state index contributed by atoms with van der Waals surface area (Å²) in [4.78, 5) is 15.8. The van der Waals surface area contributed by atoms with Crippen LogP contribution in [0.2, 0.25) is 0 Å². The Labute approximate surface area is 157 Å². The summed E-state index contributed by atoms with van der Waals surface area (Å²) in [5.41, 5.74) is 2.26. The molecule has 2 aliphatic rings. The highest BCUT2D eigenvalue weighted by atomic mass is 19.1. The molecule has 4 rings (SSSR count). The van der Waals surface area contributed by atoms with E-state index in [1.807, 2.05) is 30.3 Å². The Hall–Kier alpha value is -3.02. The zero-order valence-corrected chi connectivity index (χ0v) is 15.2. The average Bonchev–Trinajstić information content (AvgIpc) is 2.86. The Morgan fingerprint density at radius 2 is 1.81 bits per heavy atom. The van der Waals surface area contributed by atoms with Crippen molar-refractivity contribution in [3.8, 4) is 11.5 Å². The Morgan fingerprint density at radius 3 is 2.59 bits per heavy atom. The lowest BCUT2D eigenvalue weighted by atomic mass is 10.1. The van der Waals surface area contributed by atoms with Gasteiger partial charge >= 0.3 is 6.09 Å². The van der Waals surface area contributed by atoms with Crippen molar-refractivity contribution in [1.29, 1.82) is 0 Å². The number of para-hydroxylation sites is 1. The molecule has 140 valence electrons. The van der Waals surface area contributed by atoms with Gasteiger partial charge in [0, 0.05) is 37.4 Å². The highest BCUT2D eigenvalue weighted by Crippen LogP contribution is 2.40. The van der Waals surface area contributed by atoms with Crippen molar-refractivity contribution in [3.05, 3.63) is 59.4 Å². The third kappa shape index (κ3) is 3.35. The molecule has 5 nitrogen and oxygen atoms in total. The molecule has 0 aliphatic carbocycles. The fraction of sp³-hybridized carbons (Fsp3) is 0.286. The number of benzene rings is 2. The van der Waals surface area contributed by atoms with Crippen molar-refractivity contribution in [2.45, 2.75) is 6.92 Å². The third-order valence-corrected chi connectivity index (χ3v) is 4.82. The van der Waals surface area contributed by atoms with Crippen LogP contribution in [0, 0.1) is 5.82 Å². The summed E-state index contributed by atoms with van der Waals surface area (Å²) in [6.07, 6.45) is 1.56. The predicted octanol–water partition coefficient (Wildman–Crippen LogP) is 4.20. The number of rotatable bonds is 2. The monoisotopic (exact) mass is 368 g/mol. The molecule has 1 fully saturated rings. The number of piperazine rings is 1. The molecule has 0 bridgehead atoms. The molecular formula is C21H21FN2O3. The van der Waals surface area contributed by atoms with Gasteiger partial charge in [0.15, 0.2) is 0 Å². The maximum absolute atomic E-state index is 14.5. The molecule has 0 N–H and O–H groups in total. The van der Waals surface area contributed by atoms with Crippen LogP contribution in [0.3, 0.4) is 0 Å². The van der Waals surface area contributed by atoms with Crippen molar-refractivity contribution in [3.63, 3.8) is 0 Å². The fourth-order valence-corrected chi connectivity index (χ4v) is 3.45. The topological polar surface area (TPSA) is 42.0 Å². The second kappa shape index (κ2) is 7.31. The first kappa shape index (κ1) is 17.4. The molecule has 2 aromatic carbocycles. The van der Waals surface area contributed by atoms with Gasteiger partial charge in [-0.3, -0.25) is 0 Å². The molecule has 2 aliphatic heterocycles. The standard InChI is InChI=1S/C21H21FN2O3/c1-2-26-21(25)24-12-10-23(11-13-24)18-14-16-17(22)7-5-9-20(16)27-19-8-4-3-6-15(18)19/h3-9,14H,2,10-13H2,1H3. The summed E-state index contributed by atoms with van der Waals surface area (Å²) in [5.74, 6) is 0.881. The second-order valence-corrected chi connectivity index (χ2v) is 6.45. The summed E-state index contributed by atoms with van der Waals surface area (Å²) in [7, 11) is 0. The van der Waals surface area contributed by atoms with Crippen LogP contribution < -0.4 is 4.74 Å². The van der Waals surface area contributed by atoms with E-state index >= 15 is 0 Å². The lowest BCUT2D eigenvalue weighted by Gasteiger charge is -2.36. The van der Waals surface area contributed by atoms with Gasteiger partial charge < -0.3 is 19.3 Å². The zero-order chi connectivity index (χ0) is 18.8. The highest BCUT2D eigenvalue weighted by Gasteiger charge is 2.27. The largest absolute Gasteiger partial charge is 0.456 e. The maximum Gasteiger partial charge on any atom is 0.409 e. The van der Waals surface area contributed by atoms with Gasteiger partial charge in [0.05, 0.1) is 12.2 Å². The fourth-order valence-electron chi connectivity index (χ4n) is 3.45. The minimum atomic E-state index is -0.317. The Balaban J connectivity index is 1.67. The molecule has 0 atom stereocenters. The van der Waals surface area contributed by atoms with Gasteiger partial charge in [-0.05, 0) is 37.3 Å². The SMILES string of the molecule is CCOC(=O)N1CCN(C2=Cc3c(F)cccc3Oc3ccccc32)CC1. The van der Waals surface area contributed by atoms with E-state index in [0.29, 0.717) is 49.8 Å². The zero-order valence-electron chi connectivity index (χ0n) is 15.2. The quantitative estimate of drug-likeness (QED) is 0.797. The second-order valence-electron chi connectivity index (χ2n) is 6.45. The van der Waals surface area contributed by atoms with E-state index in [1.165, 1.54) is 6.07 Å². The molecule has 1 saturated heterocycles. The Kier molecular flexibility index (Phi) is 4.71. The number of carbonyl (C=O) groups excluding carboxylic acids is 1. The molecule has 0 spiro atoms. The van der Waals surface area contributed by atoms with E-state index in [9.17, 15) is 9.18 Å². The van der Waals surface area contributed by atoms with Crippen LogP contribution in [0.15, 0.2) is 42.5 Å². The smallest absolute Gasteiger partial charge is 0.409 e. The maximum atomic E-state index is 14.5. The van der Waals surface area contributed by atoms with Crippen molar-refractivity contribution < 1.29 is 18.7 Å². The number of fused-ring (bicyclic) bond motifs is 2. The van der Waals surface area contributed by atoms with Crippen LogP contribution in [0.1, 0.15) is 18.1 Å². The minimum absolute atomic E-state index is 0.285. The average molecular weight is 368 g/mol. The van der Waals surface area contributed by atoms with E-state index in [1.54, 1.807) is 24.0 Å². The van der Waals surface area contributed by atoms with E-state index < -0.39 is 0 Å². The van der Waals surface area contributed by atoms with Crippen LogP contribution >= 0.6 is 0 Å². The molecule has 0 radical (unpaired) electrons. The Morgan fingerprint density at radius 1 is 1.07 bits per heavy atom. The van der Waals surface area contributed by atoms with E-state index in [0.717, 1.165) is 11.3 Å². The van der Waals surface area contributed by atoms with Crippen LogP contribution in [-0.2, 0) is 4.74 Å². The molecule has 1 amide bonds. The van der Waals surface area contributed by atoms with E-state index in [2.05, 4.69) is 4.90 Å². The van der Waals surface area contributed by atoms with Gasteiger partial charge in [-0.1, -0.05) is 18.2 Å². The number of amides is 1.